The fourth-order valence-electron chi connectivity index (χ4n) is 2.50. The van der Waals surface area contributed by atoms with E-state index in [0.29, 0.717) is 37.3 Å². The largest absolute Gasteiger partial charge is 0.396 e. The van der Waals surface area contributed by atoms with Crippen LogP contribution in [0.15, 0.2) is 11.1 Å². The van der Waals surface area contributed by atoms with Crippen molar-refractivity contribution in [2.45, 2.75) is 25.7 Å². The van der Waals surface area contributed by atoms with E-state index in [-0.39, 0.29) is 30.3 Å². The van der Waals surface area contributed by atoms with Crippen molar-refractivity contribution in [3.05, 3.63) is 11.1 Å². The summed E-state index contributed by atoms with van der Waals surface area (Å²) in [6.45, 7) is 0.513. The fourth-order valence-corrected chi connectivity index (χ4v) is 2.75. The van der Waals surface area contributed by atoms with Crippen LogP contribution < -0.4 is 0 Å². The Hall–Kier alpha value is -0.870. The lowest BCUT2D eigenvalue weighted by atomic mass is 9.85. The third-order valence-electron chi connectivity index (χ3n) is 3.45. The predicted octanol–water partition coefficient (Wildman–Crippen LogP) is 1.28. The molecule has 1 aliphatic carbocycles. The van der Waals surface area contributed by atoms with E-state index in [1.807, 2.05) is 6.08 Å². The number of fused-ring (bicyclic) bond motifs is 1. The highest BCUT2D eigenvalue weighted by atomic mass is 35.5. The van der Waals surface area contributed by atoms with Crippen LogP contribution in [0.5, 0.6) is 0 Å². The molecule has 0 saturated carbocycles. The lowest BCUT2D eigenvalue weighted by Gasteiger charge is -2.17. The Morgan fingerprint density at radius 2 is 2.00 bits per heavy atom. The molecule has 5 heteroatoms. The Bertz CT molecular complexity index is 367. The van der Waals surface area contributed by atoms with Crippen LogP contribution in [0, 0.1) is 11.8 Å². The predicted molar refractivity (Wildman–Crippen MR) is 63.2 cm³/mol. The molecule has 0 aromatic carbocycles. The van der Waals surface area contributed by atoms with E-state index >= 15 is 0 Å². The molecular formula is C12H16ClNO3. The second kappa shape index (κ2) is 5.19. The highest BCUT2D eigenvalue weighted by molar-refractivity contribution is 6.30. The summed E-state index contributed by atoms with van der Waals surface area (Å²) in [4.78, 5) is 25.4. The van der Waals surface area contributed by atoms with E-state index < -0.39 is 0 Å². The quantitative estimate of drug-likeness (QED) is 0.610. The zero-order valence-corrected chi connectivity index (χ0v) is 10.3. The third kappa shape index (κ3) is 2.38. The number of aliphatic hydroxyl groups excluding tert-OH is 1. The van der Waals surface area contributed by atoms with Gasteiger partial charge in [0.15, 0.2) is 0 Å². The third-order valence-corrected chi connectivity index (χ3v) is 3.76. The van der Waals surface area contributed by atoms with Crippen molar-refractivity contribution >= 4 is 23.4 Å². The first-order chi connectivity index (χ1) is 8.15. The average molecular weight is 258 g/mol. The number of imide groups is 1. The van der Waals surface area contributed by atoms with Crippen LogP contribution in [0.25, 0.3) is 0 Å². The topological polar surface area (TPSA) is 57.6 Å². The van der Waals surface area contributed by atoms with Crippen LogP contribution in [0.2, 0.25) is 0 Å². The number of rotatable bonds is 4. The molecule has 0 aromatic rings. The molecule has 2 amide bonds. The molecule has 0 unspecified atom stereocenters. The van der Waals surface area contributed by atoms with Gasteiger partial charge in [-0.2, -0.15) is 0 Å². The van der Waals surface area contributed by atoms with Crippen molar-refractivity contribution < 1.29 is 14.7 Å². The van der Waals surface area contributed by atoms with Crippen LogP contribution in [0.3, 0.4) is 0 Å². The van der Waals surface area contributed by atoms with Crippen molar-refractivity contribution in [1.29, 1.82) is 0 Å². The highest BCUT2D eigenvalue weighted by Crippen LogP contribution is 2.38. The van der Waals surface area contributed by atoms with Crippen LogP contribution in [-0.2, 0) is 9.59 Å². The second-order valence-electron chi connectivity index (χ2n) is 4.56. The Morgan fingerprint density at radius 1 is 1.29 bits per heavy atom. The zero-order chi connectivity index (χ0) is 12.4. The SMILES string of the molecule is O=C1[C@H]2CC=C(Cl)C[C@@H]2C(=O)N1CCCCO. The minimum atomic E-state index is -0.255. The molecule has 1 fully saturated rings. The van der Waals surface area contributed by atoms with E-state index in [1.54, 1.807) is 0 Å². The van der Waals surface area contributed by atoms with E-state index in [1.165, 1.54) is 4.90 Å². The Labute approximate surface area is 105 Å². The van der Waals surface area contributed by atoms with Crippen molar-refractivity contribution in [1.82, 2.24) is 4.90 Å². The number of likely N-dealkylation sites (tertiary alicyclic amines) is 1. The number of halogens is 1. The molecule has 1 N–H and O–H groups in total. The van der Waals surface area contributed by atoms with Gasteiger partial charge in [0.05, 0.1) is 11.8 Å². The molecule has 1 saturated heterocycles. The number of hydrogen-bond acceptors (Lipinski definition) is 3. The molecule has 1 heterocycles. The number of aliphatic hydroxyl groups is 1. The summed E-state index contributed by atoms with van der Waals surface area (Å²) < 4.78 is 0. The van der Waals surface area contributed by atoms with E-state index in [9.17, 15) is 9.59 Å². The van der Waals surface area contributed by atoms with Gasteiger partial charge in [-0.15, -0.1) is 0 Å². The Morgan fingerprint density at radius 3 is 2.71 bits per heavy atom. The smallest absolute Gasteiger partial charge is 0.233 e. The van der Waals surface area contributed by atoms with Gasteiger partial charge < -0.3 is 5.11 Å². The Kier molecular flexibility index (Phi) is 3.84. The normalized spacial score (nSPS) is 28.4. The first-order valence-corrected chi connectivity index (χ1v) is 6.33. The van der Waals surface area contributed by atoms with Gasteiger partial charge in [0.2, 0.25) is 11.8 Å². The lowest BCUT2D eigenvalue weighted by molar-refractivity contribution is -0.140. The van der Waals surface area contributed by atoms with E-state index in [0.717, 1.165) is 0 Å². The van der Waals surface area contributed by atoms with Gasteiger partial charge in [0.1, 0.15) is 0 Å². The summed E-state index contributed by atoms with van der Waals surface area (Å²) in [6.07, 6.45) is 4.18. The number of carbonyl (C=O) groups excluding carboxylic acids is 2. The van der Waals surface area contributed by atoms with Gasteiger partial charge in [-0.25, -0.2) is 0 Å². The summed E-state index contributed by atoms with van der Waals surface area (Å²) in [5.41, 5.74) is 0. The van der Waals surface area contributed by atoms with E-state index in [4.69, 9.17) is 16.7 Å². The molecule has 0 radical (unpaired) electrons. The van der Waals surface area contributed by atoms with Gasteiger partial charge in [-0.1, -0.05) is 17.7 Å². The highest BCUT2D eigenvalue weighted by Gasteiger charge is 2.47. The average Bonchev–Trinajstić information content (AvgIpc) is 2.54. The second-order valence-corrected chi connectivity index (χ2v) is 5.05. The maximum absolute atomic E-state index is 12.0. The number of hydrogen-bond donors (Lipinski definition) is 1. The van der Waals surface area contributed by atoms with Crippen LogP contribution in [0.1, 0.15) is 25.7 Å². The number of allylic oxidation sites excluding steroid dienone is 2. The van der Waals surface area contributed by atoms with Gasteiger partial charge in [-0.3, -0.25) is 14.5 Å². The minimum Gasteiger partial charge on any atom is -0.396 e. The number of carbonyl (C=O) groups is 2. The van der Waals surface area contributed by atoms with Crippen molar-refractivity contribution in [3.8, 4) is 0 Å². The number of nitrogens with zero attached hydrogens (tertiary/aromatic N) is 1. The van der Waals surface area contributed by atoms with E-state index in [2.05, 4.69) is 0 Å². The molecule has 2 aliphatic rings. The Balaban J connectivity index is 2.03. The van der Waals surface area contributed by atoms with Gasteiger partial charge in [0, 0.05) is 18.2 Å². The molecule has 0 spiro atoms. The maximum Gasteiger partial charge on any atom is 0.233 e. The standard InChI is InChI=1S/C12H16ClNO3/c13-8-3-4-9-10(7-8)12(17)14(11(9)16)5-1-2-6-15/h3,9-10,15H,1-2,4-7H2/t9-,10-/m0/s1. The molecule has 17 heavy (non-hydrogen) atoms. The molecule has 0 aromatic heterocycles. The zero-order valence-electron chi connectivity index (χ0n) is 9.56. The van der Waals surface area contributed by atoms with Gasteiger partial charge in [-0.05, 0) is 25.7 Å². The maximum atomic E-state index is 12.0. The van der Waals surface area contributed by atoms with Gasteiger partial charge in [0.25, 0.3) is 0 Å². The number of amides is 2. The van der Waals surface area contributed by atoms with Crippen LogP contribution >= 0.6 is 11.6 Å². The monoisotopic (exact) mass is 257 g/mol. The molecule has 2 rings (SSSR count). The van der Waals surface area contributed by atoms with Crippen molar-refractivity contribution in [2.75, 3.05) is 13.2 Å². The summed E-state index contributed by atoms with van der Waals surface area (Å²) in [5, 5.41) is 9.38. The molecule has 4 nitrogen and oxygen atoms in total. The molecule has 94 valence electrons. The fraction of sp³-hybridized carbons (Fsp3) is 0.667. The first-order valence-electron chi connectivity index (χ1n) is 5.95. The van der Waals surface area contributed by atoms with Crippen molar-refractivity contribution in [3.63, 3.8) is 0 Å². The molecule has 1 aliphatic heterocycles. The molecule has 2 atom stereocenters. The lowest BCUT2D eigenvalue weighted by Crippen LogP contribution is -2.32. The summed E-state index contributed by atoms with van der Waals surface area (Å²) >= 11 is 5.92. The molecular weight excluding hydrogens is 242 g/mol. The minimum absolute atomic E-state index is 0.0710. The van der Waals surface area contributed by atoms with Crippen LogP contribution in [-0.4, -0.2) is 35.0 Å². The molecule has 0 bridgehead atoms. The van der Waals surface area contributed by atoms with Gasteiger partial charge >= 0.3 is 0 Å². The number of unbranched alkanes of at least 4 members (excludes halogenated alkanes) is 1. The van der Waals surface area contributed by atoms with Crippen molar-refractivity contribution in [2.24, 2.45) is 11.8 Å². The first kappa shape index (κ1) is 12.6. The summed E-state index contributed by atoms with van der Waals surface area (Å²) in [6, 6.07) is 0. The van der Waals surface area contributed by atoms with Crippen LogP contribution in [0.4, 0.5) is 0 Å². The summed E-state index contributed by atoms with van der Waals surface area (Å²) in [7, 11) is 0. The summed E-state index contributed by atoms with van der Waals surface area (Å²) in [5.74, 6) is -0.629.